The maximum Gasteiger partial charge on any atom is 0.494 e. The zero-order valence-electron chi connectivity index (χ0n) is 32.3. The SMILES string of the molecule is CB1OC(C)(C)C(C)(C)O1.COc1c(C=O)cc(B2OC(C)(C)C(C)(C)O2)cc1C(C)(C)C.COc1c(C=O)cc(Br)cc1C(C)(C)C. The maximum atomic E-state index is 11.5. The second-order valence-electron chi connectivity index (χ2n) is 16.4. The first kappa shape index (κ1) is 42.0. The molecule has 2 heterocycles. The highest BCUT2D eigenvalue weighted by atomic mass is 79.9. The van der Waals surface area contributed by atoms with Crippen molar-refractivity contribution < 1.29 is 37.7 Å². The van der Waals surface area contributed by atoms with Gasteiger partial charge in [-0.25, -0.2) is 0 Å². The van der Waals surface area contributed by atoms with E-state index in [1.165, 1.54) is 0 Å². The first-order valence-corrected chi connectivity index (χ1v) is 17.2. The lowest BCUT2D eigenvalue weighted by Gasteiger charge is -2.32. The molecule has 2 fully saturated rings. The Hall–Kier alpha value is -2.17. The highest BCUT2D eigenvalue weighted by molar-refractivity contribution is 9.10. The van der Waals surface area contributed by atoms with Crippen LogP contribution in [0.15, 0.2) is 28.7 Å². The van der Waals surface area contributed by atoms with Crippen LogP contribution < -0.4 is 14.9 Å². The van der Waals surface area contributed by atoms with Gasteiger partial charge in [0.2, 0.25) is 0 Å². The van der Waals surface area contributed by atoms with Gasteiger partial charge in [0.1, 0.15) is 11.5 Å². The van der Waals surface area contributed by atoms with Gasteiger partial charge in [-0.05, 0) is 102 Å². The third kappa shape index (κ3) is 9.53. The van der Waals surface area contributed by atoms with Gasteiger partial charge in [0.25, 0.3) is 0 Å². The zero-order valence-corrected chi connectivity index (χ0v) is 33.8. The van der Waals surface area contributed by atoms with Crippen LogP contribution in [0.3, 0.4) is 0 Å². The lowest BCUT2D eigenvalue weighted by atomic mass is 9.74. The highest BCUT2D eigenvalue weighted by Crippen LogP contribution is 2.39. The highest BCUT2D eigenvalue weighted by Gasteiger charge is 2.52. The zero-order chi connectivity index (χ0) is 37.3. The van der Waals surface area contributed by atoms with Crippen LogP contribution >= 0.6 is 15.9 Å². The number of benzene rings is 2. The van der Waals surface area contributed by atoms with E-state index in [-0.39, 0.29) is 29.2 Å². The maximum absolute atomic E-state index is 11.5. The fourth-order valence-electron chi connectivity index (χ4n) is 5.29. The molecule has 0 atom stereocenters. The summed E-state index contributed by atoms with van der Waals surface area (Å²) in [5, 5.41) is 0. The summed E-state index contributed by atoms with van der Waals surface area (Å²) >= 11 is 3.40. The molecule has 0 bridgehead atoms. The van der Waals surface area contributed by atoms with E-state index in [1.54, 1.807) is 26.4 Å². The van der Waals surface area contributed by atoms with Gasteiger partial charge in [0.05, 0.1) is 47.8 Å². The minimum absolute atomic E-state index is 0.0487. The summed E-state index contributed by atoms with van der Waals surface area (Å²) in [6.07, 6.45) is 1.64. The van der Waals surface area contributed by atoms with E-state index in [4.69, 9.17) is 28.1 Å². The molecule has 0 unspecified atom stereocenters. The molecular weight excluding hydrogens is 674 g/mol. The van der Waals surface area contributed by atoms with Gasteiger partial charge in [-0.15, -0.1) is 0 Å². The number of hydrogen-bond donors (Lipinski definition) is 0. The van der Waals surface area contributed by atoms with Crippen molar-refractivity contribution in [2.45, 2.75) is 137 Å². The lowest BCUT2D eigenvalue weighted by Crippen LogP contribution is -2.41. The summed E-state index contributed by atoms with van der Waals surface area (Å²) in [4.78, 5) is 22.4. The number of aldehydes is 2. The molecule has 2 aliphatic rings. The molecule has 0 aromatic heterocycles. The molecule has 0 spiro atoms. The Kier molecular flexibility index (Phi) is 13.1. The van der Waals surface area contributed by atoms with Gasteiger partial charge in [0.15, 0.2) is 12.6 Å². The molecule has 4 rings (SSSR count). The van der Waals surface area contributed by atoms with Crippen molar-refractivity contribution in [1.29, 1.82) is 0 Å². The first-order chi connectivity index (χ1) is 21.7. The molecule has 8 nitrogen and oxygen atoms in total. The average Bonchev–Trinajstić information content (AvgIpc) is 3.28. The summed E-state index contributed by atoms with van der Waals surface area (Å²) in [6, 6.07) is 7.57. The largest absolute Gasteiger partial charge is 0.496 e. The summed E-state index contributed by atoms with van der Waals surface area (Å²) in [5.74, 6) is 1.29. The quantitative estimate of drug-likeness (QED) is 0.224. The predicted octanol–water partition coefficient (Wildman–Crippen LogP) is 8.38. The van der Waals surface area contributed by atoms with E-state index >= 15 is 0 Å². The molecule has 11 heteroatoms. The van der Waals surface area contributed by atoms with E-state index in [0.717, 1.165) is 33.6 Å². The van der Waals surface area contributed by atoms with Gasteiger partial charge in [-0.1, -0.05) is 63.5 Å². The average molecular weight is 731 g/mol. The number of ether oxygens (including phenoxy) is 2. The minimum Gasteiger partial charge on any atom is -0.496 e. The van der Waals surface area contributed by atoms with Crippen LogP contribution in [0.1, 0.15) is 129 Å². The standard InChI is InChI=1S/C18H27BO4.C12H15BrO2.C7H15BO2/c1-16(2,3)14-10-13(9-12(11-20)15(14)21-8)19-22-17(4,5)18(6,7)23-19;1-12(2,3)10-6-9(13)5-8(7-14)11(10)15-4;1-6(2)7(3,4)10-8(5)9-6/h9-11H,1-8H3;5-7H,1-4H3;1-5H3. The molecule has 266 valence electrons. The van der Waals surface area contributed by atoms with E-state index in [9.17, 15) is 9.59 Å². The topological polar surface area (TPSA) is 89.5 Å². The first-order valence-electron chi connectivity index (χ1n) is 16.4. The molecule has 48 heavy (non-hydrogen) atoms. The molecule has 0 saturated carbocycles. The van der Waals surface area contributed by atoms with Crippen LogP contribution in [-0.4, -0.2) is 63.4 Å². The molecule has 2 aromatic carbocycles. The number of hydrogen-bond acceptors (Lipinski definition) is 8. The summed E-state index contributed by atoms with van der Waals surface area (Å²) in [7, 11) is 2.62. The fourth-order valence-corrected chi connectivity index (χ4v) is 5.76. The normalized spacial score (nSPS) is 19.0. The molecule has 0 N–H and O–H groups in total. The van der Waals surface area contributed by atoms with Gasteiger partial charge >= 0.3 is 14.2 Å². The van der Waals surface area contributed by atoms with E-state index < -0.39 is 18.3 Å². The number of carbonyl (C=O) groups excluding carboxylic acids is 2. The van der Waals surface area contributed by atoms with E-state index in [2.05, 4.69) is 85.2 Å². The minimum atomic E-state index is -0.495. The Bertz CT molecular complexity index is 1420. The molecular formula is C37H57B2BrO8. The third-order valence-corrected chi connectivity index (χ3v) is 9.85. The summed E-state index contributed by atoms with van der Waals surface area (Å²) in [6.45, 7) is 30.7. The van der Waals surface area contributed by atoms with Crippen molar-refractivity contribution in [3.63, 3.8) is 0 Å². The molecule has 2 saturated heterocycles. The second-order valence-corrected chi connectivity index (χ2v) is 17.3. The molecule has 0 radical (unpaired) electrons. The molecule has 2 aliphatic heterocycles. The number of halogens is 1. The third-order valence-electron chi connectivity index (χ3n) is 9.40. The van der Waals surface area contributed by atoms with Crippen LogP contribution in [0.5, 0.6) is 11.5 Å². The van der Waals surface area contributed by atoms with Crippen molar-refractivity contribution in [2.24, 2.45) is 0 Å². The van der Waals surface area contributed by atoms with Gasteiger partial charge in [-0.3, -0.25) is 9.59 Å². The van der Waals surface area contributed by atoms with Crippen LogP contribution in [0.25, 0.3) is 0 Å². The van der Waals surface area contributed by atoms with Crippen molar-refractivity contribution in [3.8, 4) is 11.5 Å². The number of rotatable bonds is 5. The van der Waals surface area contributed by atoms with Crippen molar-refractivity contribution in [2.75, 3.05) is 14.2 Å². The van der Waals surface area contributed by atoms with Crippen LogP contribution in [0.2, 0.25) is 6.82 Å². The Morgan fingerprint density at radius 1 is 0.625 bits per heavy atom. The molecule has 0 amide bonds. The monoisotopic (exact) mass is 730 g/mol. The van der Waals surface area contributed by atoms with Gasteiger partial charge < -0.3 is 28.1 Å². The smallest absolute Gasteiger partial charge is 0.494 e. The number of carbonyl (C=O) groups is 2. The van der Waals surface area contributed by atoms with E-state index in [1.807, 2.05) is 46.7 Å². The van der Waals surface area contributed by atoms with Gasteiger partial charge in [0, 0.05) is 10.0 Å². The van der Waals surface area contributed by atoms with E-state index in [0.29, 0.717) is 22.6 Å². The summed E-state index contributed by atoms with van der Waals surface area (Å²) in [5.41, 5.74) is 2.57. The van der Waals surface area contributed by atoms with Crippen molar-refractivity contribution >= 4 is 48.2 Å². The van der Waals surface area contributed by atoms with Crippen molar-refractivity contribution in [1.82, 2.24) is 0 Å². The Labute approximate surface area is 298 Å². The molecule has 0 aliphatic carbocycles. The molecule has 2 aromatic rings. The van der Waals surface area contributed by atoms with Gasteiger partial charge in [-0.2, -0.15) is 0 Å². The second kappa shape index (κ2) is 15.0. The Morgan fingerprint density at radius 2 is 0.979 bits per heavy atom. The fraction of sp³-hybridized carbons (Fsp3) is 0.622. The Morgan fingerprint density at radius 3 is 1.29 bits per heavy atom. The Balaban J connectivity index is 0.000000274. The lowest BCUT2D eigenvalue weighted by molar-refractivity contribution is 0.00578. The van der Waals surface area contributed by atoms with Crippen LogP contribution in [0, 0.1) is 0 Å². The van der Waals surface area contributed by atoms with Crippen LogP contribution in [0.4, 0.5) is 0 Å². The predicted molar refractivity (Wildman–Crippen MR) is 200 cm³/mol. The van der Waals surface area contributed by atoms with Crippen LogP contribution in [-0.2, 0) is 29.4 Å². The summed E-state index contributed by atoms with van der Waals surface area (Å²) < 4.78 is 35.0. The number of methoxy groups -OCH3 is 2. The van der Waals surface area contributed by atoms with Crippen molar-refractivity contribution in [3.05, 3.63) is 51.0 Å².